The summed E-state index contributed by atoms with van der Waals surface area (Å²) in [7, 11) is 0. The lowest BCUT2D eigenvalue weighted by Crippen LogP contribution is -2.45. The van der Waals surface area contributed by atoms with Gasteiger partial charge in [-0.25, -0.2) is 0 Å². The van der Waals surface area contributed by atoms with Crippen molar-refractivity contribution in [1.82, 2.24) is 4.90 Å². The van der Waals surface area contributed by atoms with Gasteiger partial charge in [0.05, 0.1) is 26.4 Å². The summed E-state index contributed by atoms with van der Waals surface area (Å²) in [5.74, 6) is 0. The molecule has 0 atom stereocenters. The zero-order valence-corrected chi connectivity index (χ0v) is 11.5. The Morgan fingerprint density at radius 1 is 1.06 bits per heavy atom. The van der Waals surface area contributed by atoms with Gasteiger partial charge in [-0.1, -0.05) is 25.7 Å². The molecule has 1 heterocycles. The van der Waals surface area contributed by atoms with Crippen molar-refractivity contribution in [3.63, 3.8) is 0 Å². The van der Waals surface area contributed by atoms with Gasteiger partial charge in [0, 0.05) is 25.2 Å². The van der Waals surface area contributed by atoms with E-state index in [9.17, 15) is 0 Å². The highest BCUT2D eigenvalue weighted by atomic mass is 16.5. The minimum Gasteiger partial charge on any atom is -0.379 e. The molecule has 1 saturated heterocycles. The highest BCUT2D eigenvalue weighted by Gasteiger charge is 2.26. The summed E-state index contributed by atoms with van der Waals surface area (Å²) in [4.78, 5) is 2.40. The fourth-order valence-electron chi connectivity index (χ4n) is 2.87. The Balaban J connectivity index is 1.58. The highest BCUT2D eigenvalue weighted by molar-refractivity contribution is 4.85. The molecule has 0 radical (unpaired) electrons. The van der Waals surface area contributed by atoms with Gasteiger partial charge in [0.2, 0.25) is 0 Å². The molecular weight excluding hydrogens is 228 g/mol. The molecule has 2 aliphatic rings. The van der Waals surface area contributed by atoms with E-state index in [1.165, 1.54) is 25.7 Å². The van der Waals surface area contributed by atoms with Crippen molar-refractivity contribution >= 4 is 0 Å². The summed E-state index contributed by atoms with van der Waals surface area (Å²) in [6.45, 7) is 6.35. The van der Waals surface area contributed by atoms with Gasteiger partial charge in [0.25, 0.3) is 0 Å². The molecule has 0 bridgehead atoms. The molecule has 1 saturated carbocycles. The smallest absolute Gasteiger partial charge is 0.0646 e. The van der Waals surface area contributed by atoms with Crippen LogP contribution in [0.1, 0.15) is 38.5 Å². The van der Waals surface area contributed by atoms with Gasteiger partial charge >= 0.3 is 0 Å². The zero-order valence-electron chi connectivity index (χ0n) is 11.5. The Kier molecular flexibility index (Phi) is 5.89. The van der Waals surface area contributed by atoms with Crippen LogP contribution in [-0.2, 0) is 9.47 Å². The molecule has 0 aromatic rings. The number of ether oxygens (including phenoxy) is 2. The van der Waals surface area contributed by atoms with Crippen LogP contribution in [0.4, 0.5) is 0 Å². The molecule has 1 aliphatic carbocycles. The molecular formula is C14H28N2O2. The summed E-state index contributed by atoms with van der Waals surface area (Å²) >= 11 is 0. The van der Waals surface area contributed by atoms with Crippen LogP contribution in [0.25, 0.3) is 0 Å². The lowest BCUT2D eigenvalue weighted by Gasteiger charge is -2.29. The number of nitrogens with two attached hydrogens (primary N) is 1. The first-order valence-corrected chi connectivity index (χ1v) is 7.45. The molecule has 2 fully saturated rings. The molecule has 0 unspecified atom stereocenters. The van der Waals surface area contributed by atoms with Crippen LogP contribution in [0, 0.1) is 0 Å². The van der Waals surface area contributed by atoms with Crippen molar-refractivity contribution in [2.75, 3.05) is 46.1 Å². The largest absolute Gasteiger partial charge is 0.379 e. The number of hydrogen-bond acceptors (Lipinski definition) is 4. The van der Waals surface area contributed by atoms with E-state index in [-0.39, 0.29) is 5.54 Å². The van der Waals surface area contributed by atoms with E-state index in [1.54, 1.807) is 0 Å². The average Bonchev–Trinajstić information content (AvgIpc) is 2.61. The molecule has 18 heavy (non-hydrogen) atoms. The molecule has 4 heteroatoms. The van der Waals surface area contributed by atoms with Crippen molar-refractivity contribution in [1.29, 1.82) is 0 Å². The maximum atomic E-state index is 6.42. The van der Waals surface area contributed by atoms with E-state index in [1.807, 2.05) is 0 Å². The summed E-state index contributed by atoms with van der Waals surface area (Å²) in [5.41, 5.74) is 6.37. The normalized spacial score (nSPS) is 25.8. The first-order valence-electron chi connectivity index (χ1n) is 7.45. The lowest BCUT2D eigenvalue weighted by atomic mass is 9.93. The van der Waals surface area contributed by atoms with Gasteiger partial charge < -0.3 is 15.2 Å². The van der Waals surface area contributed by atoms with Crippen molar-refractivity contribution in [3.05, 3.63) is 0 Å². The second-order valence-electron chi connectivity index (χ2n) is 5.78. The Morgan fingerprint density at radius 3 is 2.39 bits per heavy atom. The van der Waals surface area contributed by atoms with E-state index in [0.717, 1.165) is 58.9 Å². The minimum atomic E-state index is -0.0541. The molecule has 0 spiro atoms. The van der Waals surface area contributed by atoms with E-state index < -0.39 is 0 Å². The van der Waals surface area contributed by atoms with Crippen LogP contribution in [0.3, 0.4) is 0 Å². The number of rotatable bonds is 5. The van der Waals surface area contributed by atoms with Crippen LogP contribution < -0.4 is 5.73 Å². The number of morpholine rings is 1. The molecule has 2 rings (SSSR count). The Morgan fingerprint density at radius 2 is 1.72 bits per heavy atom. The fourth-order valence-corrected chi connectivity index (χ4v) is 2.87. The van der Waals surface area contributed by atoms with Crippen LogP contribution in [-0.4, -0.2) is 56.5 Å². The highest BCUT2D eigenvalue weighted by Crippen LogP contribution is 2.25. The van der Waals surface area contributed by atoms with Gasteiger partial charge in [-0.2, -0.15) is 0 Å². The number of hydrogen-bond donors (Lipinski definition) is 1. The summed E-state index contributed by atoms with van der Waals surface area (Å²) < 4.78 is 11.2. The lowest BCUT2D eigenvalue weighted by molar-refractivity contribution is 0.0120. The quantitative estimate of drug-likeness (QED) is 0.596. The van der Waals surface area contributed by atoms with Crippen molar-refractivity contribution < 1.29 is 9.47 Å². The first-order chi connectivity index (χ1) is 8.79. The van der Waals surface area contributed by atoms with Gasteiger partial charge in [0.1, 0.15) is 0 Å². The third-order valence-electron chi connectivity index (χ3n) is 4.14. The van der Waals surface area contributed by atoms with E-state index in [2.05, 4.69) is 4.90 Å². The molecule has 2 N–H and O–H groups in total. The van der Waals surface area contributed by atoms with E-state index in [0.29, 0.717) is 0 Å². The maximum absolute atomic E-state index is 6.42. The standard InChI is InChI=1S/C14H28N2O2/c15-14(5-3-1-2-4-6-14)13-18-12-9-16-7-10-17-11-8-16/h1-13,15H2. The van der Waals surface area contributed by atoms with Crippen LogP contribution >= 0.6 is 0 Å². The van der Waals surface area contributed by atoms with Gasteiger partial charge in [-0.3, -0.25) is 4.90 Å². The minimum absolute atomic E-state index is 0.0541. The Hall–Kier alpha value is -0.160. The van der Waals surface area contributed by atoms with Gasteiger partial charge in [-0.15, -0.1) is 0 Å². The third kappa shape index (κ3) is 4.84. The Bertz CT molecular complexity index is 222. The average molecular weight is 256 g/mol. The fraction of sp³-hybridized carbons (Fsp3) is 1.00. The van der Waals surface area contributed by atoms with E-state index in [4.69, 9.17) is 15.2 Å². The zero-order chi connectivity index (χ0) is 12.7. The summed E-state index contributed by atoms with van der Waals surface area (Å²) in [6.07, 6.45) is 7.47. The second-order valence-corrected chi connectivity index (χ2v) is 5.78. The predicted octanol–water partition coefficient (Wildman–Crippen LogP) is 1.39. The topological polar surface area (TPSA) is 47.7 Å². The van der Waals surface area contributed by atoms with Gasteiger partial charge in [-0.05, 0) is 12.8 Å². The maximum Gasteiger partial charge on any atom is 0.0646 e. The second kappa shape index (κ2) is 7.43. The summed E-state index contributed by atoms with van der Waals surface area (Å²) in [5, 5.41) is 0. The molecule has 106 valence electrons. The first kappa shape index (κ1) is 14.3. The molecule has 0 amide bonds. The monoisotopic (exact) mass is 256 g/mol. The van der Waals surface area contributed by atoms with Gasteiger partial charge in [0.15, 0.2) is 0 Å². The molecule has 0 aromatic carbocycles. The third-order valence-corrected chi connectivity index (χ3v) is 4.14. The van der Waals surface area contributed by atoms with E-state index >= 15 is 0 Å². The molecule has 0 aromatic heterocycles. The van der Waals surface area contributed by atoms with Crippen molar-refractivity contribution in [3.8, 4) is 0 Å². The van der Waals surface area contributed by atoms with Crippen LogP contribution in [0.2, 0.25) is 0 Å². The predicted molar refractivity (Wildman–Crippen MR) is 72.7 cm³/mol. The SMILES string of the molecule is NC1(COCCN2CCOCC2)CCCCCC1. The van der Waals surface area contributed by atoms with Crippen LogP contribution in [0.5, 0.6) is 0 Å². The van der Waals surface area contributed by atoms with Crippen molar-refractivity contribution in [2.24, 2.45) is 5.73 Å². The Labute approximate surface area is 111 Å². The van der Waals surface area contributed by atoms with Crippen molar-refractivity contribution in [2.45, 2.75) is 44.1 Å². The van der Waals surface area contributed by atoms with Crippen LogP contribution in [0.15, 0.2) is 0 Å². The number of nitrogens with zero attached hydrogens (tertiary/aromatic N) is 1. The molecule has 1 aliphatic heterocycles. The molecule has 4 nitrogen and oxygen atoms in total. The summed E-state index contributed by atoms with van der Waals surface area (Å²) in [6, 6.07) is 0.